The van der Waals surface area contributed by atoms with Gasteiger partial charge in [-0.25, -0.2) is 14.4 Å². The van der Waals surface area contributed by atoms with Crippen LogP contribution in [0.3, 0.4) is 0 Å². The first-order chi connectivity index (χ1) is 13.0. The Labute approximate surface area is 165 Å². The molecule has 1 N–H and O–H groups in total. The molecule has 2 aromatic heterocycles. The monoisotopic (exact) mass is 397 g/mol. The van der Waals surface area contributed by atoms with E-state index < -0.39 is 0 Å². The largest absolute Gasteiger partial charge is 0.338 e. The van der Waals surface area contributed by atoms with Crippen LogP contribution in [0.4, 0.5) is 15.9 Å². The maximum atomic E-state index is 13.4. The molecule has 0 saturated heterocycles. The SMILES string of the molecule is Cc1sc2nc(Cc3ccccc3)nc(Nc3ccc(F)cc3Cl)c2c1C. The summed E-state index contributed by atoms with van der Waals surface area (Å²) >= 11 is 7.85. The first-order valence-corrected chi connectivity index (χ1v) is 9.73. The van der Waals surface area contributed by atoms with E-state index in [1.54, 1.807) is 17.4 Å². The zero-order valence-corrected chi connectivity index (χ0v) is 16.5. The minimum Gasteiger partial charge on any atom is -0.338 e. The molecule has 0 unspecified atom stereocenters. The Morgan fingerprint density at radius 3 is 2.59 bits per heavy atom. The van der Waals surface area contributed by atoms with Gasteiger partial charge < -0.3 is 5.32 Å². The number of thiophene rings is 1. The van der Waals surface area contributed by atoms with Crippen LogP contribution in [0.1, 0.15) is 21.8 Å². The molecule has 2 heterocycles. The summed E-state index contributed by atoms with van der Waals surface area (Å²) in [4.78, 5) is 11.7. The van der Waals surface area contributed by atoms with Crippen molar-refractivity contribution in [2.45, 2.75) is 20.3 Å². The van der Waals surface area contributed by atoms with Crippen molar-refractivity contribution in [2.75, 3.05) is 5.32 Å². The van der Waals surface area contributed by atoms with Crippen LogP contribution in [0.5, 0.6) is 0 Å². The number of aromatic nitrogens is 2. The lowest BCUT2D eigenvalue weighted by Gasteiger charge is -2.11. The summed E-state index contributed by atoms with van der Waals surface area (Å²) in [6, 6.07) is 14.4. The van der Waals surface area contributed by atoms with Crippen molar-refractivity contribution >= 4 is 44.7 Å². The van der Waals surface area contributed by atoms with Gasteiger partial charge in [0.05, 0.1) is 16.1 Å². The highest BCUT2D eigenvalue weighted by molar-refractivity contribution is 7.18. The van der Waals surface area contributed by atoms with Gasteiger partial charge in [-0.1, -0.05) is 41.9 Å². The molecule has 27 heavy (non-hydrogen) atoms. The first-order valence-electron chi connectivity index (χ1n) is 8.54. The van der Waals surface area contributed by atoms with E-state index in [-0.39, 0.29) is 5.82 Å². The van der Waals surface area contributed by atoms with Gasteiger partial charge in [0.15, 0.2) is 0 Å². The van der Waals surface area contributed by atoms with E-state index in [9.17, 15) is 4.39 Å². The summed E-state index contributed by atoms with van der Waals surface area (Å²) in [7, 11) is 0. The maximum absolute atomic E-state index is 13.4. The number of nitrogens with zero attached hydrogens (tertiary/aromatic N) is 2. The summed E-state index contributed by atoms with van der Waals surface area (Å²) in [6.45, 7) is 4.14. The lowest BCUT2D eigenvalue weighted by atomic mass is 10.1. The molecule has 0 fully saturated rings. The molecule has 4 aromatic rings. The standard InChI is InChI=1S/C21H17ClFN3S/c1-12-13(2)27-21-19(12)20(24-17-9-8-15(23)11-16(17)22)25-18(26-21)10-14-6-4-3-5-7-14/h3-9,11H,10H2,1-2H3,(H,24,25,26). The minimum absolute atomic E-state index is 0.316. The van der Waals surface area contributed by atoms with Crippen LogP contribution in [0.15, 0.2) is 48.5 Å². The molecule has 0 saturated carbocycles. The minimum atomic E-state index is -0.370. The highest BCUT2D eigenvalue weighted by atomic mass is 35.5. The van der Waals surface area contributed by atoms with E-state index in [0.29, 0.717) is 22.9 Å². The van der Waals surface area contributed by atoms with Gasteiger partial charge in [-0.15, -0.1) is 11.3 Å². The smallest absolute Gasteiger partial charge is 0.143 e. The Hall–Kier alpha value is -2.50. The number of nitrogens with one attached hydrogen (secondary N) is 1. The van der Waals surface area contributed by atoms with Crippen molar-refractivity contribution in [1.29, 1.82) is 0 Å². The van der Waals surface area contributed by atoms with Crippen molar-refractivity contribution in [2.24, 2.45) is 0 Å². The van der Waals surface area contributed by atoms with Crippen LogP contribution >= 0.6 is 22.9 Å². The van der Waals surface area contributed by atoms with Gasteiger partial charge in [-0.3, -0.25) is 0 Å². The molecule has 0 radical (unpaired) electrons. The van der Waals surface area contributed by atoms with Crippen LogP contribution in [-0.4, -0.2) is 9.97 Å². The predicted molar refractivity (Wildman–Crippen MR) is 111 cm³/mol. The van der Waals surface area contributed by atoms with Crippen molar-refractivity contribution < 1.29 is 4.39 Å². The summed E-state index contributed by atoms with van der Waals surface area (Å²) in [5.74, 6) is 1.06. The van der Waals surface area contributed by atoms with Crippen LogP contribution < -0.4 is 5.32 Å². The van der Waals surface area contributed by atoms with Gasteiger partial charge in [-0.05, 0) is 43.2 Å². The number of hydrogen-bond acceptors (Lipinski definition) is 4. The lowest BCUT2D eigenvalue weighted by Crippen LogP contribution is -2.02. The Bertz CT molecular complexity index is 1130. The molecule has 2 aromatic carbocycles. The highest BCUT2D eigenvalue weighted by Gasteiger charge is 2.16. The van der Waals surface area contributed by atoms with Gasteiger partial charge in [0.1, 0.15) is 22.3 Å². The quantitative estimate of drug-likeness (QED) is 0.430. The number of rotatable bonds is 4. The fraction of sp³-hybridized carbons (Fsp3) is 0.143. The lowest BCUT2D eigenvalue weighted by molar-refractivity contribution is 0.628. The average Bonchev–Trinajstić information content (AvgIpc) is 2.92. The van der Waals surface area contributed by atoms with E-state index in [4.69, 9.17) is 21.6 Å². The van der Waals surface area contributed by atoms with Crippen molar-refractivity contribution in [1.82, 2.24) is 9.97 Å². The van der Waals surface area contributed by atoms with Gasteiger partial charge in [0.25, 0.3) is 0 Å². The zero-order valence-electron chi connectivity index (χ0n) is 14.9. The molecule has 0 spiro atoms. The fourth-order valence-corrected chi connectivity index (χ4v) is 4.22. The second-order valence-corrected chi connectivity index (χ2v) is 7.97. The molecule has 0 aliphatic heterocycles. The summed E-state index contributed by atoms with van der Waals surface area (Å²) < 4.78 is 13.4. The van der Waals surface area contributed by atoms with E-state index in [1.807, 2.05) is 18.2 Å². The van der Waals surface area contributed by atoms with Gasteiger partial charge in [0, 0.05) is 11.3 Å². The Kier molecular flexibility index (Phi) is 4.81. The Morgan fingerprint density at radius 2 is 1.85 bits per heavy atom. The third kappa shape index (κ3) is 3.66. The van der Waals surface area contributed by atoms with Crippen molar-refractivity contribution in [3.05, 3.63) is 81.2 Å². The summed E-state index contributed by atoms with van der Waals surface area (Å²) in [5, 5.41) is 4.58. The molecule has 0 amide bonds. The third-order valence-corrected chi connectivity index (χ3v) is 5.88. The molecular weight excluding hydrogens is 381 g/mol. The maximum Gasteiger partial charge on any atom is 0.143 e. The molecule has 0 aliphatic rings. The molecule has 0 atom stereocenters. The van der Waals surface area contributed by atoms with E-state index in [0.717, 1.165) is 27.2 Å². The van der Waals surface area contributed by atoms with E-state index in [1.165, 1.54) is 17.0 Å². The molecule has 0 bridgehead atoms. The van der Waals surface area contributed by atoms with Crippen LogP contribution in [-0.2, 0) is 6.42 Å². The first kappa shape index (κ1) is 17.9. The molecule has 4 rings (SSSR count). The van der Waals surface area contributed by atoms with Crippen LogP contribution in [0.25, 0.3) is 10.2 Å². The Morgan fingerprint density at radius 1 is 1.07 bits per heavy atom. The normalized spacial score (nSPS) is 11.1. The number of hydrogen-bond donors (Lipinski definition) is 1. The average molecular weight is 398 g/mol. The number of halogens is 2. The molecule has 0 aliphatic carbocycles. The second-order valence-electron chi connectivity index (χ2n) is 6.36. The highest BCUT2D eigenvalue weighted by Crippen LogP contribution is 2.36. The molecule has 3 nitrogen and oxygen atoms in total. The topological polar surface area (TPSA) is 37.8 Å². The van der Waals surface area contributed by atoms with Gasteiger partial charge >= 0.3 is 0 Å². The van der Waals surface area contributed by atoms with Gasteiger partial charge in [0.2, 0.25) is 0 Å². The fourth-order valence-electron chi connectivity index (χ4n) is 2.96. The number of fused-ring (bicyclic) bond motifs is 1. The summed E-state index contributed by atoms with van der Waals surface area (Å²) in [6.07, 6.45) is 0.638. The summed E-state index contributed by atoms with van der Waals surface area (Å²) in [5.41, 5.74) is 2.90. The number of anilines is 2. The van der Waals surface area contributed by atoms with Crippen LogP contribution in [0, 0.1) is 19.7 Å². The molecule has 6 heteroatoms. The van der Waals surface area contributed by atoms with Crippen LogP contribution in [0.2, 0.25) is 5.02 Å². The molecular formula is C21H17ClFN3S. The molecule has 136 valence electrons. The third-order valence-electron chi connectivity index (χ3n) is 4.46. The number of aryl methyl sites for hydroxylation is 2. The van der Waals surface area contributed by atoms with E-state index >= 15 is 0 Å². The zero-order chi connectivity index (χ0) is 19.0. The van der Waals surface area contributed by atoms with Crippen molar-refractivity contribution in [3.8, 4) is 0 Å². The Balaban J connectivity index is 1.81. The predicted octanol–water partition coefficient (Wildman–Crippen LogP) is 6.44. The van der Waals surface area contributed by atoms with Crippen molar-refractivity contribution in [3.63, 3.8) is 0 Å². The van der Waals surface area contributed by atoms with Gasteiger partial charge in [-0.2, -0.15) is 0 Å². The van der Waals surface area contributed by atoms with E-state index in [2.05, 4.69) is 31.3 Å². The number of benzene rings is 2. The second kappa shape index (κ2) is 7.25.